The standard InChI is InChI=1S/C16H13N3O2/c1-17-16-10-14(19(20)21)9-15(18-16)13-7-6-11-4-2-3-5-12(11)8-13/h2-10H,1H3,(H,17,18). The smallest absolute Gasteiger partial charge is 0.275 e. The maximum atomic E-state index is 11.0. The van der Waals surface area contributed by atoms with Crippen LogP contribution in [0.25, 0.3) is 22.0 Å². The molecule has 0 bridgehead atoms. The number of hydrogen-bond acceptors (Lipinski definition) is 4. The lowest BCUT2D eigenvalue weighted by Crippen LogP contribution is -1.97. The molecule has 3 rings (SSSR count). The van der Waals surface area contributed by atoms with E-state index in [-0.39, 0.29) is 5.69 Å². The number of rotatable bonds is 3. The van der Waals surface area contributed by atoms with Gasteiger partial charge in [-0.25, -0.2) is 4.98 Å². The van der Waals surface area contributed by atoms with Crippen LogP contribution in [0.15, 0.2) is 54.6 Å². The highest BCUT2D eigenvalue weighted by atomic mass is 16.6. The van der Waals surface area contributed by atoms with Gasteiger partial charge in [-0.3, -0.25) is 10.1 Å². The van der Waals surface area contributed by atoms with Crippen LogP contribution in [0, 0.1) is 10.1 Å². The molecule has 0 saturated heterocycles. The number of hydrogen-bond donors (Lipinski definition) is 1. The van der Waals surface area contributed by atoms with Gasteiger partial charge in [-0.05, 0) is 16.8 Å². The van der Waals surface area contributed by atoms with Crippen molar-refractivity contribution in [1.29, 1.82) is 0 Å². The van der Waals surface area contributed by atoms with Gasteiger partial charge in [0, 0.05) is 18.7 Å². The molecule has 0 aliphatic heterocycles. The van der Waals surface area contributed by atoms with E-state index in [0.29, 0.717) is 11.5 Å². The van der Waals surface area contributed by atoms with Gasteiger partial charge in [-0.15, -0.1) is 0 Å². The van der Waals surface area contributed by atoms with Gasteiger partial charge >= 0.3 is 0 Å². The van der Waals surface area contributed by atoms with Crippen molar-refractivity contribution in [2.75, 3.05) is 12.4 Å². The molecule has 0 aliphatic carbocycles. The van der Waals surface area contributed by atoms with Crippen LogP contribution < -0.4 is 5.32 Å². The minimum atomic E-state index is -0.410. The van der Waals surface area contributed by atoms with Gasteiger partial charge in [0.25, 0.3) is 5.69 Å². The second-order valence-corrected chi connectivity index (χ2v) is 4.66. The van der Waals surface area contributed by atoms with Crippen molar-refractivity contribution in [1.82, 2.24) is 4.98 Å². The molecule has 0 aliphatic rings. The number of nitrogens with zero attached hydrogens (tertiary/aromatic N) is 2. The first-order valence-corrected chi connectivity index (χ1v) is 6.51. The van der Waals surface area contributed by atoms with E-state index in [2.05, 4.69) is 10.3 Å². The zero-order valence-corrected chi connectivity index (χ0v) is 11.4. The first-order chi connectivity index (χ1) is 10.2. The maximum Gasteiger partial charge on any atom is 0.275 e. The van der Waals surface area contributed by atoms with Gasteiger partial charge in [0.05, 0.1) is 16.7 Å². The number of fused-ring (bicyclic) bond motifs is 1. The fraction of sp³-hybridized carbons (Fsp3) is 0.0625. The van der Waals surface area contributed by atoms with Crippen LogP contribution in [0.3, 0.4) is 0 Å². The molecular formula is C16H13N3O2. The average Bonchev–Trinajstić information content (AvgIpc) is 2.53. The van der Waals surface area contributed by atoms with Crippen molar-refractivity contribution in [2.45, 2.75) is 0 Å². The lowest BCUT2D eigenvalue weighted by atomic mass is 10.0. The van der Waals surface area contributed by atoms with Crippen molar-refractivity contribution in [3.05, 3.63) is 64.7 Å². The summed E-state index contributed by atoms with van der Waals surface area (Å²) in [4.78, 5) is 15.0. The molecule has 1 heterocycles. The third kappa shape index (κ3) is 2.53. The van der Waals surface area contributed by atoms with Gasteiger partial charge in [0.1, 0.15) is 5.82 Å². The quantitative estimate of drug-likeness (QED) is 0.584. The minimum absolute atomic E-state index is 0.0255. The molecule has 0 radical (unpaired) electrons. The molecule has 3 aromatic rings. The number of nitro groups is 1. The molecular weight excluding hydrogens is 266 g/mol. The molecule has 5 heteroatoms. The predicted molar refractivity (Wildman–Crippen MR) is 83.4 cm³/mol. The summed E-state index contributed by atoms with van der Waals surface area (Å²) in [5.74, 6) is 0.479. The summed E-state index contributed by atoms with van der Waals surface area (Å²) >= 11 is 0. The predicted octanol–water partition coefficient (Wildman–Crippen LogP) is 3.85. The van der Waals surface area contributed by atoms with E-state index in [1.165, 1.54) is 12.1 Å². The largest absolute Gasteiger partial charge is 0.373 e. The lowest BCUT2D eigenvalue weighted by molar-refractivity contribution is -0.384. The maximum absolute atomic E-state index is 11.0. The Balaban J connectivity index is 2.16. The Morgan fingerprint density at radius 1 is 1.05 bits per heavy atom. The summed E-state index contributed by atoms with van der Waals surface area (Å²) in [6.45, 7) is 0. The molecule has 0 unspecified atom stereocenters. The highest BCUT2D eigenvalue weighted by molar-refractivity contribution is 5.87. The number of nitrogens with one attached hydrogen (secondary N) is 1. The SMILES string of the molecule is CNc1cc([N+](=O)[O-])cc(-c2ccc3ccccc3c2)n1. The van der Waals surface area contributed by atoms with Gasteiger partial charge in [-0.1, -0.05) is 36.4 Å². The van der Waals surface area contributed by atoms with E-state index < -0.39 is 4.92 Å². The van der Waals surface area contributed by atoms with E-state index in [4.69, 9.17) is 0 Å². The van der Waals surface area contributed by atoms with Gasteiger partial charge in [0.15, 0.2) is 0 Å². The highest BCUT2D eigenvalue weighted by Gasteiger charge is 2.12. The molecule has 0 saturated carbocycles. The monoisotopic (exact) mass is 279 g/mol. The van der Waals surface area contributed by atoms with Crippen LogP contribution in [0.5, 0.6) is 0 Å². The molecule has 2 aromatic carbocycles. The van der Waals surface area contributed by atoms with Crippen molar-refractivity contribution in [2.24, 2.45) is 0 Å². The summed E-state index contributed by atoms with van der Waals surface area (Å²) in [6.07, 6.45) is 0. The van der Waals surface area contributed by atoms with Gasteiger partial charge in [0.2, 0.25) is 0 Å². The fourth-order valence-electron chi connectivity index (χ4n) is 2.25. The third-order valence-corrected chi connectivity index (χ3v) is 3.32. The minimum Gasteiger partial charge on any atom is -0.373 e. The normalized spacial score (nSPS) is 10.5. The summed E-state index contributed by atoms with van der Waals surface area (Å²) in [5.41, 5.74) is 1.46. The Morgan fingerprint density at radius 2 is 1.81 bits per heavy atom. The van der Waals surface area contributed by atoms with E-state index in [0.717, 1.165) is 16.3 Å². The molecule has 1 N–H and O–H groups in total. The van der Waals surface area contributed by atoms with Crippen molar-refractivity contribution < 1.29 is 4.92 Å². The molecule has 0 fully saturated rings. The number of benzene rings is 2. The van der Waals surface area contributed by atoms with E-state index >= 15 is 0 Å². The second-order valence-electron chi connectivity index (χ2n) is 4.66. The molecule has 1 aromatic heterocycles. The Bertz CT molecular complexity index is 831. The summed E-state index contributed by atoms with van der Waals surface area (Å²) in [6, 6.07) is 16.8. The van der Waals surface area contributed by atoms with Crippen LogP contribution >= 0.6 is 0 Å². The molecule has 21 heavy (non-hydrogen) atoms. The molecule has 5 nitrogen and oxygen atoms in total. The van der Waals surface area contributed by atoms with Gasteiger partial charge < -0.3 is 5.32 Å². The van der Waals surface area contributed by atoms with Crippen LogP contribution in [0.1, 0.15) is 0 Å². The third-order valence-electron chi connectivity index (χ3n) is 3.32. The Labute approximate surface area is 121 Å². The molecule has 104 valence electrons. The van der Waals surface area contributed by atoms with Crippen LogP contribution in [0.4, 0.5) is 11.5 Å². The molecule has 0 spiro atoms. The molecule has 0 amide bonds. The van der Waals surface area contributed by atoms with Crippen molar-refractivity contribution in [3.8, 4) is 11.3 Å². The molecule has 0 atom stereocenters. The fourth-order valence-corrected chi connectivity index (χ4v) is 2.25. The van der Waals surface area contributed by atoms with E-state index in [1.807, 2.05) is 42.5 Å². The number of anilines is 1. The topological polar surface area (TPSA) is 68.1 Å². The van der Waals surface area contributed by atoms with Crippen LogP contribution in [-0.2, 0) is 0 Å². The summed E-state index contributed by atoms with van der Waals surface area (Å²) in [5, 5.41) is 16.1. The second kappa shape index (κ2) is 5.20. The van der Waals surface area contributed by atoms with E-state index in [1.54, 1.807) is 7.05 Å². The van der Waals surface area contributed by atoms with Gasteiger partial charge in [-0.2, -0.15) is 0 Å². The Kier molecular flexibility index (Phi) is 3.23. The number of aromatic nitrogens is 1. The summed E-state index contributed by atoms with van der Waals surface area (Å²) in [7, 11) is 1.69. The Morgan fingerprint density at radius 3 is 2.52 bits per heavy atom. The van der Waals surface area contributed by atoms with Crippen LogP contribution in [0.2, 0.25) is 0 Å². The highest BCUT2D eigenvalue weighted by Crippen LogP contribution is 2.27. The van der Waals surface area contributed by atoms with Crippen LogP contribution in [-0.4, -0.2) is 17.0 Å². The summed E-state index contributed by atoms with van der Waals surface area (Å²) < 4.78 is 0. The first kappa shape index (κ1) is 13.1. The average molecular weight is 279 g/mol. The van der Waals surface area contributed by atoms with Crippen molar-refractivity contribution >= 4 is 22.3 Å². The number of pyridine rings is 1. The zero-order valence-electron chi connectivity index (χ0n) is 11.4. The first-order valence-electron chi connectivity index (χ1n) is 6.51. The lowest BCUT2D eigenvalue weighted by Gasteiger charge is -2.06. The Hall–Kier alpha value is -2.95. The zero-order chi connectivity index (χ0) is 14.8. The van der Waals surface area contributed by atoms with Crippen molar-refractivity contribution in [3.63, 3.8) is 0 Å². The van der Waals surface area contributed by atoms with E-state index in [9.17, 15) is 10.1 Å².